The van der Waals surface area contributed by atoms with Gasteiger partial charge in [-0.05, 0) is 67.1 Å². The highest BCUT2D eigenvalue weighted by molar-refractivity contribution is 7.80. The average molecular weight is 448 g/mol. The molecule has 1 aromatic carbocycles. The number of phenols is 2. The Bertz CT molecular complexity index is 946. The van der Waals surface area contributed by atoms with Crippen LogP contribution in [-0.4, -0.2) is 44.8 Å². The number of aliphatic carboxylic acids is 1. The zero-order valence-corrected chi connectivity index (χ0v) is 18.5. The number of aryl methyl sites for hydroxylation is 1. The molecule has 7 nitrogen and oxygen atoms in total. The number of aromatic hydroxyl groups is 2. The molecule has 5 atom stereocenters. The Balaban J connectivity index is 1.68. The number of hydrogen-bond donors (Lipinski definition) is 5. The van der Waals surface area contributed by atoms with Gasteiger partial charge in [-0.1, -0.05) is 6.92 Å². The van der Waals surface area contributed by atoms with E-state index in [2.05, 4.69) is 24.9 Å². The highest BCUT2D eigenvalue weighted by Crippen LogP contribution is 2.60. The number of carbonyl (C=O) groups excluding carboxylic acids is 2. The highest BCUT2D eigenvalue weighted by Gasteiger charge is 2.55. The van der Waals surface area contributed by atoms with Gasteiger partial charge in [0, 0.05) is 23.2 Å². The lowest BCUT2D eigenvalue weighted by atomic mass is 9.55. The van der Waals surface area contributed by atoms with Crippen molar-refractivity contribution in [1.29, 1.82) is 0 Å². The summed E-state index contributed by atoms with van der Waals surface area (Å²) in [5, 5.41) is 32.6. The lowest BCUT2D eigenvalue weighted by molar-refractivity contribution is -0.141. The summed E-state index contributed by atoms with van der Waals surface area (Å²) < 4.78 is 0. The Morgan fingerprint density at radius 2 is 2.00 bits per heavy atom. The predicted molar refractivity (Wildman–Crippen MR) is 117 cm³/mol. The van der Waals surface area contributed by atoms with Crippen molar-refractivity contribution in [3.8, 4) is 11.5 Å². The first-order chi connectivity index (χ1) is 14.7. The van der Waals surface area contributed by atoms with Gasteiger partial charge in [0.15, 0.2) is 11.5 Å². The number of fused-ring (bicyclic) bond motifs is 5. The van der Waals surface area contributed by atoms with Gasteiger partial charge in [0.1, 0.15) is 11.8 Å². The molecule has 0 bridgehead atoms. The fourth-order valence-electron chi connectivity index (χ4n) is 6.37. The number of carboxylic acid groups (broad SMARTS) is 1. The first-order valence-electron chi connectivity index (χ1n) is 10.9. The van der Waals surface area contributed by atoms with Gasteiger partial charge < -0.3 is 20.6 Å². The van der Waals surface area contributed by atoms with Crippen molar-refractivity contribution in [3.63, 3.8) is 0 Å². The molecule has 1 amide bonds. The minimum Gasteiger partial charge on any atom is -0.504 e. The summed E-state index contributed by atoms with van der Waals surface area (Å²) in [6.45, 7) is 2.09. The van der Waals surface area contributed by atoms with Crippen LogP contribution >= 0.6 is 12.6 Å². The summed E-state index contributed by atoms with van der Waals surface area (Å²) in [5.41, 5.74) is 1.92. The third kappa shape index (κ3) is 3.58. The van der Waals surface area contributed by atoms with E-state index in [-0.39, 0.29) is 35.0 Å². The number of carbonyl (C=O) groups is 3. The molecule has 0 aromatic heterocycles. The SMILES string of the molecule is C[C@]12CC[C@@H]3c4c(cc(O)c(O)c4CC(=O)N[C@@H](CS)C(=O)O)CC[C@H]3[C@@H]1CCC2=O. The summed E-state index contributed by atoms with van der Waals surface area (Å²) in [4.78, 5) is 36.4. The summed E-state index contributed by atoms with van der Waals surface area (Å²) in [6, 6.07) is 0.461. The van der Waals surface area contributed by atoms with Crippen molar-refractivity contribution in [3.05, 3.63) is 22.8 Å². The van der Waals surface area contributed by atoms with Crippen LogP contribution < -0.4 is 5.32 Å². The van der Waals surface area contributed by atoms with Crippen molar-refractivity contribution >= 4 is 30.3 Å². The Morgan fingerprint density at radius 1 is 1.26 bits per heavy atom. The second-order valence-corrected chi connectivity index (χ2v) is 9.81. The van der Waals surface area contributed by atoms with Gasteiger partial charge in [0.2, 0.25) is 5.91 Å². The van der Waals surface area contributed by atoms with Crippen LogP contribution in [0.2, 0.25) is 0 Å². The molecule has 4 N–H and O–H groups in total. The van der Waals surface area contributed by atoms with E-state index in [0.717, 1.165) is 36.8 Å². The molecule has 168 valence electrons. The molecule has 0 heterocycles. The fraction of sp³-hybridized carbons (Fsp3) is 0.609. The number of carboxylic acids is 1. The summed E-state index contributed by atoms with van der Waals surface area (Å²) >= 11 is 3.97. The number of ketones is 1. The van der Waals surface area contributed by atoms with E-state index >= 15 is 0 Å². The predicted octanol–water partition coefficient (Wildman–Crippen LogP) is 2.56. The summed E-state index contributed by atoms with van der Waals surface area (Å²) in [7, 11) is 0. The zero-order chi connectivity index (χ0) is 22.5. The molecule has 0 unspecified atom stereocenters. The number of hydrogen-bond acceptors (Lipinski definition) is 6. The van der Waals surface area contributed by atoms with Gasteiger partial charge in [0.05, 0.1) is 6.42 Å². The third-order valence-corrected chi connectivity index (χ3v) is 8.29. The van der Waals surface area contributed by atoms with E-state index in [9.17, 15) is 29.7 Å². The maximum atomic E-state index is 12.6. The van der Waals surface area contributed by atoms with Crippen LogP contribution in [0.1, 0.15) is 61.6 Å². The number of amides is 1. The molecule has 0 spiro atoms. The number of rotatable bonds is 5. The van der Waals surface area contributed by atoms with Gasteiger partial charge in [-0.2, -0.15) is 12.6 Å². The van der Waals surface area contributed by atoms with E-state index < -0.39 is 17.9 Å². The molecule has 2 fully saturated rings. The quantitative estimate of drug-likeness (QED) is 0.349. The fourth-order valence-corrected chi connectivity index (χ4v) is 6.62. The average Bonchev–Trinajstić information content (AvgIpc) is 3.03. The summed E-state index contributed by atoms with van der Waals surface area (Å²) in [6.07, 6.45) is 4.50. The van der Waals surface area contributed by atoms with E-state index in [1.165, 1.54) is 0 Å². The second kappa shape index (κ2) is 8.04. The molecule has 1 aromatic rings. The molecule has 0 saturated heterocycles. The van der Waals surface area contributed by atoms with Crippen LogP contribution in [0.3, 0.4) is 0 Å². The molecule has 8 heteroatoms. The van der Waals surface area contributed by atoms with Crippen LogP contribution in [0.5, 0.6) is 11.5 Å². The molecule has 31 heavy (non-hydrogen) atoms. The largest absolute Gasteiger partial charge is 0.504 e. The van der Waals surface area contributed by atoms with E-state index in [4.69, 9.17) is 0 Å². The number of nitrogens with one attached hydrogen (secondary N) is 1. The number of Topliss-reactive ketones (excluding diaryl/α,β-unsaturated/α-hetero) is 1. The normalized spacial score (nSPS) is 30.1. The van der Waals surface area contributed by atoms with E-state index in [1.54, 1.807) is 6.07 Å². The van der Waals surface area contributed by atoms with Gasteiger partial charge in [-0.3, -0.25) is 9.59 Å². The van der Waals surface area contributed by atoms with Crippen LogP contribution in [-0.2, 0) is 27.2 Å². The maximum absolute atomic E-state index is 12.6. The van der Waals surface area contributed by atoms with E-state index in [0.29, 0.717) is 36.0 Å². The standard InChI is InChI=1S/C23H29NO6S/c1-23-7-6-13-12(15(23)4-5-18(23)26)3-2-11-8-17(25)21(28)14(20(11)13)9-19(27)24-16(10-31)22(29)30/h8,12-13,15-16,25,28,31H,2-7,9-10H2,1H3,(H,24,27)(H,29,30)/t12-,13+,15+,16+,23+/m1/s1. The first kappa shape index (κ1) is 22.0. The molecular formula is C23H29NO6S. The molecule has 3 aliphatic rings. The molecule has 0 radical (unpaired) electrons. The van der Waals surface area contributed by atoms with Crippen molar-refractivity contribution in [2.24, 2.45) is 17.3 Å². The van der Waals surface area contributed by atoms with Crippen molar-refractivity contribution in [1.82, 2.24) is 5.32 Å². The zero-order valence-electron chi connectivity index (χ0n) is 17.6. The Morgan fingerprint density at radius 3 is 2.68 bits per heavy atom. The van der Waals surface area contributed by atoms with Crippen LogP contribution in [0.4, 0.5) is 0 Å². The number of thiol groups is 1. The molecular weight excluding hydrogens is 418 g/mol. The van der Waals surface area contributed by atoms with Crippen LogP contribution in [0.25, 0.3) is 0 Å². The molecule has 3 aliphatic carbocycles. The highest BCUT2D eigenvalue weighted by atomic mass is 32.1. The monoisotopic (exact) mass is 447 g/mol. The number of phenolic OH excluding ortho intramolecular Hbond substituents is 2. The Hall–Kier alpha value is -2.22. The van der Waals surface area contributed by atoms with Gasteiger partial charge in [0.25, 0.3) is 0 Å². The molecule has 4 rings (SSSR count). The van der Waals surface area contributed by atoms with Crippen molar-refractivity contribution in [2.45, 2.75) is 63.8 Å². The lowest BCUT2D eigenvalue weighted by Gasteiger charge is -2.48. The Labute approximate surface area is 186 Å². The second-order valence-electron chi connectivity index (χ2n) is 9.45. The smallest absolute Gasteiger partial charge is 0.327 e. The van der Waals surface area contributed by atoms with Gasteiger partial charge in [-0.15, -0.1) is 0 Å². The lowest BCUT2D eigenvalue weighted by Crippen LogP contribution is -2.44. The minimum absolute atomic E-state index is 0.0514. The van der Waals surface area contributed by atoms with E-state index in [1.807, 2.05) is 0 Å². The maximum Gasteiger partial charge on any atom is 0.327 e. The van der Waals surface area contributed by atoms with Crippen LogP contribution in [0.15, 0.2) is 6.07 Å². The molecule has 2 saturated carbocycles. The first-order valence-corrected chi connectivity index (χ1v) is 11.5. The van der Waals surface area contributed by atoms with Gasteiger partial charge in [-0.25, -0.2) is 4.79 Å². The minimum atomic E-state index is -1.18. The van der Waals surface area contributed by atoms with Crippen molar-refractivity contribution in [2.75, 3.05) is 5.75 Å². The van der Waals surface area contributed by atoms with Crippen molar-refractivity contribution < 1.29 is 29.7 Å². The number of benzene rings is 1. The molecule has 0 aliphatic heterocycles. The third-order valence-electron chi connectivity index (χ3n) is 7.93. The topological polar surface area (TPSA) is 124 Å². The van der Waals surface area contributed by atoms with Crippen LogP contribution in [0, 0.1) is 17.3 Å². The Kier molecular flexibility index (Phi) is 5.70. The van der Waals surface area contributed by atoms with Gasteiger partial charge >= 0.3 is 5.97 Å². The summed E-state index contributed by atoms with van der Waals surface area (Å²) in [5.74, 6) is -1.29.